The van der Waals surface area contributed by atoms with E-state index in [9.17, 15) is 4.79 Å². The molecule has 1 aliphatic heterocycles. The molecule has 3 aromatic carbocycles. The molecule has 4 nitrogen and oxygen atoms in total. The summed E-state index contributed by atoms with van der Waals surface area (Å²) in [4.78, 5) is 15.3. The number of amides is 1. The second-order valence-electron chi connectivity index (χ2n) is 7.46. The minimum atomic E-state index is -0.150. The normalized spacial score (nSPS) is 15.4. The highest BCUT2D eigenvalue weighted by molar-refractivity contribution is 9.10. The van der Waals surface area contributed by atoms with Crippen molar-refractivity contribution >= 4 is 21.8 Å². The van der Waals surface area contributed by atoms with E-state index in [1.165, 1.54) is 11.1 Å². The monoisotopic (exact) mass is 465 g/mol. The summed E-state index contributed by atoms with van der Waals surface area (Å²) < 4.78 is 12.2. The fourth-order valence-electron chi connectivity index (χ4n) is 3.90. The molecule has 0 bridgehead atoms. The quantitative estimate of drug-likeness (QED) is 0.493. The molecule has 154 valence electrons. The maximum absolute atomic E-state index is 13.4. The first-order valence-corrected chi connectivity index (χ1v) is 10.8. The number of benzene rings is 3. The number of rotatable bonds is 5. The van der Waals surface area contributed by atoms with Crippen molar-refractivity contribution in [2.24, 2.45) is 0 Å². The average molecular weight is 466 g/mol. The number of nitrogens with zero attached hydrogens (tertiary/aromatic N) is 1. The second kappa shape index (κ2) is 8.92. The Labute approximate surface area is 185 Å². The Morgan fingerprint density at radius 3 is 2.57 bits per heavy atom. The Bertz CT molecular complexity index is 1050. The van der Waals surface area contributed by atoms with Gasteiger partial charge in [0.25, 0.3) is 5.91 Å². The first-order chi connectivity index (χ1) is 14.5. The number of hydrogen-bond donors (Lipinski definition) is 0. The molecule has 0 saturated carbocycles. The van der Waals surface area contributed by atoms with Crippen LogP contribution in [0.25, 0.3) is 0 Å². The first-order valence-electron chi connectivity index (χ1n) is 9.98. The van der Waals surface area contributed by atoms with Crippen LogP contribution in [0.5, 0.6) is 11.5 Å². The lowest BCUT2D eigenvalue weighted by atomic mass is 9.91. The van der Waals surface area contributed by atoms with Crippen LogP contribution in [0.1, 0.15) is 33.1 Å². The standard InChI is InChI=1S/C25H24BrNO3/c1-17-6-11-23-18(14-17)12-13-27(25(28)19-4-3-5-20(26)15-19)24(23)16-30-22-9-7-21(29-2)8-10-22/h3-11,14-15,24H,12-13,16H2,1-2H3. The molecule has 1 aliphatic rings. The number of aryl methyl sites for hydroxylation is 1. The predicted molar refractivity (Wildman–Crippen MR) is 121 cm³/mol. The topological polar surface area (TPSA) is 38.8 Å². The minimum absolute atomic E-state index is 0.0193. The van der Waals surface area contributed by atoms with E-state index in [1.807, 2.05) is 53.4 Å². The summed E-state index contributed by atoms with van der Waals surface area (Å²) in [5.74, 6) is 1.56. The van der Waals surface area contributed by atoms with Crippen molar-refractivity contribution in [1.29, 1.82) is 0 Å². The molecule has 1 heterocycles. The van der Waals surface area contributed by atoms with E-state index in [-0.39, 0.29) is 11.9 Å². The molecule has 0 aliphatic carbocycles. The summed E-state index contributed by atoms with van der Waals surface area (Å²) in [6.07, 6.45) is 0.843. The number of fused-ring (bicyclic) bond motifs is 1. The molecule has 0 radical (unpaired) electrons. The lowest BCUT2D eigenvalue weighted by Crippen LogP contribution is -2.42. The minimum Gasteiger partial charge on any atom is -0.497 e. The number of carbonyl (C=O) groups excluding carboxylic acids is 1. The Kier molecular flexibility index (Phi) is 6.09. The third-order valence-corrected chi connectivity index (χ3v) is 5.95. The molecule has 0 N–H and O–H groups in total. The highest BCUT2D eigenvalue weighted by Gasteiger charge is 2.32. The van der Waals surface area contributed by atoms with E-state index in [4.69, 9.17) is 9.47 Å². The maximum atomic E-state index is 13.4. The molecule has 0 saturated heterocycles. The molecule has 1 atom stereocenters. The van der Waals surface area contributed by atoms with Crippen molar-refractivity contribution in [3.8, 4) is 11.5 Å². The van der Waals surface area contributed by atoms with Gasteiger partial charge in [0.1, 0.15) is 18.1 Å². The smallest absolute Gasteiger partial charge is 0.254 e. The van der Waals surface area contributed by atoms with Gasteiger partial charge in [0, 0.05) is 16.6 Å². The molecule has 3 aromatic rings. The van der Waals surface area contributed by atoms with Gasteiger partial charge < -0.3 is 14.4 Å². The summed E-state index contributed by atoms with van der Waals surface area (Å²) in [6.45, 7) is 3.16. The van der Waals surface area contributed by atoms with Crippen LogP contribution in [0.2, 0.25) is 0 Å². The number of halogens is 1. The zero-order valence-electron chi connectivity index (χ0n) is 17.1. The summed E-state index contributed by atoms with van der Waals surface area (Å²) in [5, 5.41) is 0. The Morgan fingerprint density at radius 2 is 1.83 bits per heavy atom. The van der Waals surface area contributed by atoms with Crippen LogP contribution in [0.15, 0.2) is 71.2 Å². The average Bonchev–Trinajstić information content (AvgIpc) is 2.77. The number of hydrogen-bond acceptors (Lipinski definition) is 3. The number of ether oxygens (including phenoxy) is 2. The molecule has 1 amide bonds. The van der Waals surface area contributed by atoms with Crippen LogP contribution in [-0.4, -0.2) is 31.1 Å². The fourth-order valence-corrected chi connectivity index (χ4v) is 4.30. The van der Waals surface area contributed by atoms with Crippen molar-refractivity contribution < 1.29 is 14.3 Å². The van der Waals surface area contributed by atoms with Gasteiger partial charge >= 0.3 is 0 Å². The predicted octanol–water partition coefficient (Wildman–Crippen LogP) is 5.58. The summed E-state index contributed by atoms with van der Waals surface area (Å²) in [6, 6.07) is 21.4. The van der Waals surface area contributed by atoms with Gasteiger partial charge in [-0.15, -0.1) is 0 Å². The van der Waals surface area contributed by atoms with Crippen LogP contribution in [0.3, 0.4) is 0 Å². The summed E-state index contributed by atoms with van der Waals surface area (Å²) >= 11 is 3.47. The second-order valence-corrected chi connectivity index (χ2v) is 8.38. The fraction of sp³-hybridized carbons (Fsp3) is 0.240. The number of carbonyl (C=O) groups is 1. The van der Waals surface area contributed by atoms with Gasteiger partial charge in [-0.05, 0) is 66.9 Å². The van der Waals surface area contributed by atoms with Gasteiger partial charge in [-0.25, -0.2) is 0 Å². The third kappa shape index (κ3) is 4.36. The summed E-state index contributed by atoms with van der Waals surface area (Å²) in [7, 11) is 1.64. The van der Waals surface area contributed by atoms with E-state index < -0.39 is 0 Å². The first kappa shape index (κ1) is 20.5. The third-order valence-electron chi connectivity index (χ3n) is 5.46. The van der Waals surface area contributed by atoms with Crippen molar-refractivity contribution in [3.05, 3.63) is 93.5 Å². The van der Waals surface area contributed by atoms with Gasteiger partial charge in [-0.1, -0.05) is 45.8 Å². The molecule has 4 rings (SSSR count). The lowest BCUT2D eigenvalue weighted by Gasteiger charge is -2.37. The molecular weight excluding hydrogens is 442 g/mol. The van der Waals surface area contributed by atoms with Gasteiger partial charge in [-0.3, -0.25) is 4.79 Å². The SMILES string of the molecule is COc1ccc(OCC2c3ccc(C)cc3CCN2C(=O)c2cccc(Br)c2)cc1. The Morgan fingerprint density at radius 1 is 1.07 bits per heavy atom. The molecule has 5 heteroatoms. The van der Waals surface area contributed by atoms with Crippen molar-refractivity contribution in [2.75, 3.05) is 20.3 Å². The van der Waals surface area contributed by atoms with Crippen LogP contribution >= 0.6 is 15.9 Å². The molecule has 30 heavy (non-hydrogen) atoms. The zero-order valence-corrected chi connectivity index (χ0v) is 18.7. The Balaban J connectivity index is 1.62. The zero-order chi connectivity index (χ0) is 21.1. The lowest BCUT2D eigenvalue weighted by molar-refractivity contribution is 0.0590. The molecule has 0 fully saturated rings. The van der Waals surface area contributed by atoms with Crippen molar-refractivity contribution in [2.45, 2.75) is 19.4 Å². The van der Waals surface area contributed by atoms with Crippen LogP contribution in [0.4, 0.5) is 0 Å². The van der Waals surface area contributed by atoms with E-state index in [1.54, 1.807) is 7.11 Å². The highest BCUT2D eigenvalue weighted by Crippen LogP contribution is 2.33. The van der Waals surface area contributed by atoms with Crippen molar-refractivity contribution in [1.82, 2.24) is 4.90 Å². The van der Waals surface area contributed by atoms with E-state index in [2.05, 4.69) is 41.1 Å². The van der Waals surface area contributed by atoms with Crippen LogP contribution in [-0.2, 0) is 6.42 Å². The van der Waals surface area contributed by atoms with E-state index in [0.717, 1.165) is 28.0 Å². The van der Waals surface area contributed by atoms with Gasteiger partial charge in [0.05, 0.1) is 13.2 Å². The van der Waals surface area contributed by atoms with E-state index >= 15 is 0 Å². The molecule has 1 unspecified atom stereocenters. The highest BCUT2D eigenvalue weighted by atomic mass is 79.9. The van der Waals surface area contributed by atoms with E-state index in [0.29, 0.717) is 18.7 Å². The van der Waals surface area contributed by atoms with Gasteiger partial charge in [-0.2, -0.15) is 0 Å². The van der Waals surface area contributed by atoms with Crippen LogP contribution in [0, 0.1) is 6.92 Å². The maximum Gasteiger partial charge on any atom is 0.254 e. The summed E-state index contributed by atoms with van der Waals surface area (Å²) in [5.41, 5.74) is 4.35. The van der Waals surface area contributed by atoms with Gasteiger partial charge in [0.2, 0.25) is 0 Å². The van der Waals surface area contributed by atoms with Gasteiger partial charge in [0.15, 0.2) is 0 Å². The molecule has 0 aromatic heterocycles. The number of methoxy groups -OCH3 is 1. The Hall–Kier alpha value is -2.79. The largest absolute Gasteiger partial charge is 0.497 e. The molecular formula is C25H24BrNO3. The van der Waals surface area contributed by atoms with Crippen molar-refractivity contribution in [3.63, 3.8) is 0 Å². The molecule has 0 spiro atoms. The van der Waals surface area contributed by atoms with Crippen LogP contribution < -0.4 is 9.47 Å².